The first kappa shape index (κ1) is 24.0. The highest BCUT2D eigenvalue weighted by molar-refractivity contribution is 14.0. The number of hydrogen-bond acceptors (Lipinski definition) is 2. The summed E-state index contributed by atoms with van der Waals surface area (Å²) in [5.74, 6) is 0.920. The van der Waals surface area contributed by atoms with E-state index in [1.54, 1.807) is 0 Å². The zero-order valence-corrected chi connectivity index (χ0v) is 18.5. The van der Waals surface area contributed by atoms with E-state index in [-0.39, 0.29) is 29.9 Å². The van der Waals surface area contributed by atoms with Crippen LogP contribution in [-0.2, 0) is 6.54 Å². The summed E-state index contributed by atoms with van der Waals surface area (Å²) in [5.41, 5.74) is 3.61. The topological polar surface area (TPSA) is 39.7 Å². The minimum atomic E-state index is -4.12. The van der Waals surface area contributed by atoms with Crippen LogP contribution < -0.4 is 10.6 Å². The molecule has 0 radical (unpaired) electrons. The molecule has 0 spiro atoms. The maximum Gasteiger partial charge on any atom is 0.401 e. The number of benzene rings is 1. The molecule has 0 saturated carbocycles. The molecule has 27 heavy (non-hydrogen) atoms. The van der Waals surface area contributed by atoms with Crippen molar-refractivity contribution in [2.24, 2.45) is 10.9 Å². The Bertz CT molecular complexity index is 619. The van der Waals surface area contributed by atoms with Crippen LogP contribution in [0.1, 0.15) is 30.0 Å². The van der Waals surface area contributed by atoms with Crippen molar-refractivity contribution in [3.05, 3.63) is 34.9 Å². The Morgan fingerprint density at radius 2 is 2.00 bits per heavy atom. The van der Waals surface area contributed by atoms with E-state index >= 15 is 0 Å². The molecule has 154 valence electrons. The number of alkyl halides is 3. The van der Waals surface area contributed by atoms with Gasteiger partial charge in [-0.05, 0) is 50.8 Å². The lowest BCUT2D eigenvalue weighted by molar-refractivity contribution is -0.143. The van der Waals surface area contributed by atoms with Crippen LogP contribution in [0, 0.1) is 19.8 Å². The SMILES string of the molecule is CCNC(=NCc1ccc(C)cc1C)NCC1CCN(CC(F)(F)F)C1.I. The Morgan fingerprint density at radius 3 is 2.63 bits per heavy atom. The highest BCUT2D eigenvalue weighted by Crippen LogP contribution is 2.22. The second kappa shape index (κ2) is 11.1. The molecule has 0 aliphatic carbocycles. The van der Waals surface area contributed by atoms with Crippen LogP contribution in [0.3, 0.4) is 0 Å². The molecule has 1 aromatic carbocycles. The molecule has 1 aliphatic heterocycles. The lowest BCUT2D eigenvalue weighted by Crippen LogP contribution is -2.40. The summed E-state index contributed by atoms with van der Waals surface area (Å²) in [7, 11) is 0. The predicted octanol–water partition coefficient (Wildman–Crippen LogP) is 3.86. The molecule has 1 unspecified atom stereocenters. The lowest BCUT2D eigenvalue weighted by atomic mass is 10.1. The Balaban J connectivity index is 0.00000364. The molecule has 0 aromatic heterocycles. The fourth-order valence-corrected chi connectivity index (χ4v) is 3.25. The van der Waals surface area contributed by atoms with Crippen molar-refractivity contribution in [1.82, 2.24) is 15.5 Å². The first-order valence-electron chi connectivity index (χ1n) is 9.14. The number of nitrogens with one attached hydrogen (secondary N) is 2. The quantitative estimate of drug-likeness (QED) is 0.356. The molecule has 0 bridgehead atoms. The van der Waals surface area contributed by atoms with Gasteiger partial charge in [0.15, 0.2) is 5.96 Å². The van der Waals surface area contributed by atoms with Gasteiger partial charge in [-0.3, -0.25) is 4.90 Å². The third-order valence-electron chi connectivity index (χ3n) is 4.58. The van der Waals surface area contributed by atoms with E-state index in [1.165, 1.54) is 21.6 Å². The van der Waals surface area contributed by atoms with Crippen LogP contribution in [0.15, 0.2) is 23.2 Å². The molecule has 1 heterocycles. The van der Waals surface area contributed by atoms with E-state index < -0.39 is 12.7 Å². The van der Waals surface area contributed by atoms with Crippen LogP contribution in [0.4, 0.5) is 13.2 Å². The number of nitrogens with zero attached hydrogens (tertiary/aromatic N) is 2. The third-order valence-corrected chi connectivity index (χ3v) is 4.58. The average Bonchev–Trinajstić information content (AvgIpc) is 2.97. The number of guanidine groups is 1. The normalized spacial score (nSPS) is 18.3. The van der Waals surface area contributed by atoms with Gasteiger partial charge in [-0.1, -0.05) is 23.8 Å². The van der Waals surface area contributed by atoms with Crippen molar-refractivity contribution < 1.29 is 13.2 Å². The molecule has 1 saturated heterocycles. The zero-order chi connectivity index (χ0) is 19.2. The predicted molar refractivity (Wildman–Crippen MR) is 115 cm³/mol. The van der Waals surface area contributed by atoms with Gasteiger partial charge < -0.3 is 10.6 Å². The van der Waals surface area contributed by atoms with Gasteiger partial charge in [0, 0.05) is 19.6 Å². The third kappa shape index (κ3) is 8.68. The van der Waals surface area contributed by atoms with Crippen molar-refractivity contribution in [2.75, 3.05) is 32.7 Å². The van der Waals surface area contributed by atoms with E-state index in [9.17, 15) is 13.2 Å². The molecule has 4 nitrogen and oxygen atoms in total. The van der Waals surface area contributed by atoms with Crippen LogP contribution in [-0.4, -0.2) is 49.8 Å². The van der Waals surface area contributed by atoms with Gasteiger partial charge in [0.1, 0.15) is 0 Å². The number of rotatable bonds is 6. The van der Waals surface area contributed by atoms with Gasteiger partial charge in [0.2, 0.25) is 0 Å². The fourth-order valence-electron chi connectivity index (χ4n) is 3.25. The van der Waals surface area contributed by atoms with Gasteiger partial charge in [-0.2, -0.15) is 13.2 Å². The fraction of sp³-hybridized carbons (Fsp3) is 0.632. The summed E-state index contributed by atoms with van der Waals surface area (Å²) in [5, 5.41) is 6.48. The maximum absolute atomic E-state index is 12.5. The van der Waals surface area contributed by atoms with Crippen molar-refractivity contribution in [3.63, 3.8) is 0 Å². The summed E-state index contributed by atoms with van der Waals surface area (Å²) >= 11 is 0. The molecule has 8 heteroatoms. The summed E-state index contributed by atoms with van der Waals surface area (Å²) in [6.45, 7) is 8.24. The molecule has 1 aromatic rings. The van der Waals surface area contributed by atoms with Gasteiger partial charge >= 0.3 is 6.18 Å². The highest BCUT2D eigenvalue weighted by atomic mass is 127. The van der Waals surface area contributed by atoms with E-state index in [2.05, 4.69) is 47.7 Å². The smallest absolute Gasteiger partial charge is 0.357 e. The number of halogens is 4. The number of likely N-dealkylation sites (tertiary alicyclic amines) is 1. The molecular weight excluding hydrogens is 468 g/mol. The van der Waals surface area contributed by atoms with Gasteiger partial charge in [-0.25, -0.2) is 4.99 Å². The number of aliphatic imine (C=N–C) groups is 1. The van der Waals surface area contributed by atoms with Gasteiger partial charge in [0.25, 0.3) is 0 Å². The van der Waals surface area contributed by atoms with Crippen LogP contribution in [0.5, 0.6) is 0 Å². The van der Waals surface area contributed by atoms with E-state index in [0.717, 1.165) is 13.0 Å². The highest BCUT2D eigenvalue weighted by Gasteiger charge is 2.34. The van der Waals surface area contributed by atoms with Gasteiger partial charge in [0.05, 0.1) is 13.1 Å². The summed E-state index contributed by atoms with van der Waals surface area (Å²) in [4.78, 5) is 6.09. The zero-order valence-electron chi connectivity index (χ0n) is 16.2. The number of aryl methyl sites for hydroxylation is 2. The first-order chi connectivity index (χ1) is 12.3. The average molecular weight is 498 g/mol. The van der Waals surface area contributed by atoms with Crippen molar-refractivity contribution in [2.45, 2.75) is 39.9 Å². The molecular formula is C19H30F3IN4. The number of hydrogen-bond donors (Lipinski definition) is 2. The first-order valence-corrected chi connectivity index (χ1v) is 9.14. The maximum atomic E-state index is 12.5. The summed E-state index contributed by atoms with van der Waals surface area (Å²) in [6.07, 6.45) is -3.34. The van der Waals surface area contributed by atoms with Crippen LogP contribution in [0.2, 0.25) is 0 Å². The Morgan fingerprint density at radius 1 is 1.26 bits per heavy atom. The molecule has 2 N–H and O–H groups in total. The Kier molecular flexibility index (Phi) is 9.86. The minimum absolute atomic E-state index is 0. The lowest BCUT2D eigenvalue weighted by Gasteiger charge is -2.18. The molecule has 1 aliphatic rings. The Labute approximate surface area is 177 Å². The molecule has 1 atom stereocenters. The second-order valence-corrected chi connectivity index (χ2v) is 7.01. The van der Waals surface area contributed by atoms with Crippen LogP contribution in [0.25, 0.3) is 0 Å². The summed E-state index contributed by atoms with van der Waals surface area (Å²) < 4.78 is 37.4. The standard InChI is InChI=1S/C19H29F3N4.HI/c1-4-23-18(25-11-17-6-5-14(2)9-15(17)3)24-10-16-7-8-26(12-16)13-19(20,21)22;/h5-6,9,16H,4,7-8,10-13H2,1-3H3,(H2,23,24,25);1H. The van der Waals surface area contributed by atoms with Gasteiger partial charge in [-0.15, -0.1) is 24.0 Å². The Hall–Kier alpha value is -1.03. The van der Waals surface area contributed by atoms with Crippen LogP contribution >= 0.6 is 24.0 Å². The van der Waals surface area contributed by atoms with E-state index in [0.29, 0.717) is 32.1 Å². The van der Waals surface area contributed by atoms with Crippen molar-refractivity contribution in [1.29, 1.82) is 0 Å². The molecule has 2 rings (SSSR count). The minimum Gasteiger partial charge on any atom is -0.357 e. The molecule has 0 amide bonds. The second-order valence-electron chi connectivity index (χ2n) is 7.01. The van der Waals surface area contributed by atoms with Crippen molar-refractivity contribution in [3.8, 4) is 0 Å². The molecule has 1 fully saturated rings. The van der Waals surface area contributed by atoms with Crippen molar-refractivity contribution >= 4 is 29.9 Å². The monoisotopic (exact) mass is 498 g/mol. The van der Waals surface area contributed by atoms with E-state index in [4.69, 9.17) is 0 Å². The summed E-state index contributed by atoms with van der Waals surface area (Å²) in [6, 6.07) is 6.30. The van der Waals surface area contributed by atoms with E-state index in [1.807, 2.05) is 6.92 Å². The largest absolute Gasteiger partial charge is 0.401 e.